The molecule has 7 heteroatoms. The van der Waals surface area contributed by atoms with Crippen molar-refractivity contribution in [2.24, 2.45) is 5.92 Å². The molecule has 2 atom stereocenters. The van der Waals surface area contributed by atoms with Crippen LogP contribution in [0, 0.1) is 12.8 Å². The maximum atomic E-state index is 12.8. The Morgan fingerprint density at radius 2 is 1.90 bits per heavy atom. The van der Waals surface area contributed by atoms with Crippen LogP contribution in [0.4, 0.5) is 5.82 Å². The van der Waals surface area contributed by atoms with E-state index in [0.717, 1.165) is 51.1 Å². The first kappa shape index (κ1) is 20.0. The van der Waals surface area contributed by atoms with Gasteiger partial charge in [-0.25, -0.2) is 4.98 Å². The molecular weight excluding hydrogens is 368 g/mol. The number of anilines is 1. The summed E-state index contributed by atoms with van der Waals surface area (Å²) in [5.41, 5.74) is 1.41. The van der Waals surface area contributed by atoms with Crippen molar-refractivity contribution >= 4 is 17.8 Å². The maximum Gasteiger partial charge on any atom is 0.270 e. The van der Waals surface area contributed by atoms with Crippen molar-refractivity contribution in [2.75, 3.05) is 37.6 Å². The third-order valence-corrected chi connectivity index (χ3v) is 6.11. The number of carbonyl (C=O) groups is 1. The molecule has 0 N–H and O–H groups in total. The summed E-state index contributed by atoms with van der Waals surface area (Å²) in [6.07, 6.45) is 4.96. The minimum absolute atomic E-state index is 0.155. The number of rotatable bonds is 4. The zero-order valence-corrected chi connectivity index (χ0v) is 17.5. The highest BCUT2D eigenvalue weighted by molar-refractivity contribution is 5.83. The Labute approximate surface area is 171 Å². The van der Waals surface area contributed by atoms with Gasteiger partial charge in [-0.05, 0) is 51.2 Å². The molecule has 0 bridgehead atoms. The van der Waals surface area contributed by atoms with Gasteiger partial charge < -0.3 is 9.64 Å². The number of hydrogen-bond donors (Lipinski definition) is 0. The van der Waals surface area contributed by atoms with Crippen molar-refractivity contribution in [3.8, 4) is 0 Å². The zero-order chi connectivity index (χ0) is 20.5. The maximum absolute atomic E-state index is 12.8. The summed E-state index contributed by atoms with van der Waals surface area (Å²) < 4.78 is 7.31. The lowest BCUT2D eigenvalue weighted by Crippen LogP contribution is -2.48. The topological polar surface area (TPSA) is 67.2 Å². The van der Waals surface area contributed by atoms with E-state index in [1.807, 2.05) is 13.0 Å². The number of pyridine rings is 1. The zero-order valence-electron chi connectivity index (χ0n) is 17.5. The summed E-state index contributed by atoms with van der Waals surface area (Å²) in [4.78, 5) is 33.9. The lowest BCUT2D eigenvalue weighted by atomic mass is 9.95. The minimum atomic E-state index is -0.290. The van der Waals surface area contributed by atoms with E-state index in [9.17, 15) is 9.59 Å². The number of nitrogens with zero attached hydrogens (tertiary/aromatic N) is 4. The third kappa shape index (κ3) is 4.07. The van der Waals surface area contributed by atoms with Gasteiger partial charge in [0, 0.05) is 38.9 Å². The molecular formula is C22H30N4O3. The smallest absolute Gasteiger partial charge is 0.270 e. The lowest BCUT2D eigenvalue weighted by Gasteiger charge is -2.39. The number of aryl methyl sites for hydroxylation is 1. The molecule has 2 unspecified atom stereocenters. The monoisotopic (exact) mass is 398 g/mol. The van der Waals surface area contributed by atoms with Crippen LogP contribution < -0.4 is 10.5 Å². The van der Waals surface area contributed by atoms with E-state index in [-0.39, 0.29) is 23.3 Å². The summed E-state index contributed by atoms with van der Waals surface area (Å²) in [6, 6.07) is 3.74. The van der Waals surface area contributed by atoms with E-state index in [4.69, 9.17) is 9.72 Å². The molecule has 2 aromatic heterocycles. The number of fused-ring (bicyclic) bond motifs is 1. The van der Waals surface area contributed by atoms with Crippen molar-refractivity contribution in [2.45, 2.75) is 45.8 Å². The molecule has 0 aliphatic carbocycles. The fourth-order valence-corrected chi connectivity index (χ4v) is 4.77. The van der Waals surface area contributed by atoms with Gasteiger partial charge in [0.2, 0.25) is 0 Å². The minimum Gasteiger partial charge on any atom is -0.373 e. The Bertz CT molecular complexity index is 939. The highest BCUT2D eigenvalue weighted by Crippen LogP contribution is 2.25. The molecule has 0 aromatic carbocycles. The van der Waals surface area contributed by atoms with Crippen molar-refractivity contribution in [3.63, 3.8) is 0 Å². The number of ether oxygens (including phenoxy) is 1. The fourth-order valence-electron chi connectivity index (χ4n) is 4.77. The van der Waals surface area contributed by atoms with Gasteiger partial charge in [-0.1, -0.05) is 6.07 Å². The van der Waals surface area contributed by atoms with Gasteiger partial charge in [0.25, 0.3) is 5.56 Å². The number of piperidine rings is 1. The van der Waals surface area contributed by atoms with Gasteiger partial charge in [-0.15, -0.1) is 0 Å². The van der Waals surface area contributed by atoms with Crippen molar-refractivity contribution < 1.29 is 9.53 Å². The summed E-state index contributed by atoms with van der Waals surface area (Å²) in [5.74, 6) is 1.15. The normalized spacial score (nSPS) is 24.2. The van der Waals surface area contributed by atoms with Crippen molar-refractivity contribution in [1.82, 2.24) is 14.3 Å². The first-order valence-corrected chi connectivity index (χ1v) is 10.6. The molecule has 4 rings (SSSR count). The first-order chi connectivity index (χ1) is 14.0. The molecule has 4 heterocycles. The predicted molar refractivity (Wildman–Crippen MR) is 113 cm³/mol. The Morgan fingerprint density at radius 3 is 2.55 bits per heavy atom. The van der Waals surface area contributed by atoms with Crippen LogP contribution in [-0.2, 0) is 4.74 Å². The molecule has 2 aliphatic heterocycles. The van der Waals surface area contributed by atoms with Gasteiger partial charge in [-0.3, -0.25) is 18.9 Å². The average molecular weight is 399 g/mol. The molecule has 0 spiro atoms. The molecule has 0 saturated carbocycles. The van der Waals surface area contributed by atoms with Gasteiger partial charge in [0.15, 0.2) is 6.29 Å². The van der Waals surface area contributed by atoms with Crippen LogP contribution in [0.25, 0.3) is 5.65 Å². The Balaban J connectivity index is 1.50. The number of aromatic nitrogens is 2. The Hall–Kier alpha value is -2.25. The van der Waals surface area contributed by atoms with Crippen LogP contribution >= 0.6 is 0 Å². The SMILES string of the molecule is Cc1cccn2c(=O)c(C=O)c(N3CCC(CN4CC(C)OC(C)C4)CC3)nc12. The molecule has 2 aliphatic rings. The highest BCUT2D eigenvalue weighted by Gasteiger charge is 2.28. The number of morpholine rings is 1. The summed E-state index contributed by atoms with van der Waals surface area (Å²) in [7, 11) is 0. The summed E-state index contributed by atoms with van der Waals surface area (Å²) in [6.45, 7) is 10.9. The molecule has 0 radical (unpaired) electrons. The average Bonchev–Trinajstić information content (AvgIpc) is 2.68. The molecule has 2 fully saturated rings. The van der Waals surface area contributed by atoms with E-state index >= 15 is 0 Å². The standard InChI is InChI=1S/C22H30N4O3/c1-15-5-4-8-26-20(15)23-21(19(14-27)22(26)28)25-9-6-18(7-10-25)13-24-11-16(2)29-17(3)12-24/h4-5,8,14,16-18H,6-7,9-13H2,1-3H3. The molecule has 2 aromatic rings. The van der Waals surface area contributed by atoms with E-state index in [2.05, 4.69) is 23.6 Å². The molecule has 29 heavy (non-hydrogen) atoms. The Kier molecular flexibility index (Phi) is 5.69. The molecule has 156 valence electrons. The predicted octanol–water partition coefficient (Wildman–Crippen LogP) is 2.14. The van der Waals surface area contributed by atoms with Crippen LogP contribution in [0.3, 0.4) is 0 Å². The number of carbonyl (C=O) groups excluding carboxylic acids is 1. The Morgan fingerprint density at radius 1 is 1.21 bits per heavy atom. The third-order valence-electron chi connectivity index (χ3n) is 6.11. The van der Waals surface area contributed by atoms with Crippen LogP contribution in [0.15, 0.2) is 23.1 Å². The van der Waals surface area contributed by atoms with Crippen molar-refractivity contribution in [1.29, 1.82) is 0 Å². The van der Waals surface area contributed by atoms with Gasteiger partial charge in [0.1, 0.15) is 17.0 Å². The van der Waals surface area contributed by atoms with E-state index in [1.165, 1.54) is 4.40 Å². The second kappa shape index (κ2) is 8.24. The lowest BCUT2D eigenvalue weighted by molar-refractivity contribution is -0.0720. The van der Waals surface area contributed by atoms with E-state index in [0.29, 0.717) is 23.7 Å². The van der Waals surface area contributed by atoms with Crippen LogP contribution in [0.1, 0.15) is 42.6 Å². The van der Waals surface area contributed by atoms with Gasteiger partial charge in [0.05, 0.1) is 12.2 Å². The van der Waals surface area contributed by atoms with Gasteiger partial charge in [-0.2, -0.15) is 0 Å². The number of aldehydes is 1. The summed E-state index contributed by atoms with van der Waals surface area (Å²) >= 11 is 0. The highest BCUT2D eigenvalue weighted by atomic mass is 16.5. The first-order valence-electron chi connectivity index (χ1n) is 10.6. The van der Waals surface area contributed by atoms with E-state index < -0.39 is 0 Å². The largest absolute Gasteiger partial charge is 0.373 e. The number of hydrogen-bond acceptors (Lipinski definition) is 6. The second-order valence-corrected chi connectivity index (χ2v) is 8.56. The van der Waals surface area contributed by atoms with E-state index in [1.54, 1.807) is 12.3 Å². The van der Waals surface area contributed by atoms with Gasteiger partial charge >= 0.3 is 0 Å². The summed E-state index contributed by atoms with van der Waals surface area (Å²) in [5, 5.41) is 0. The van der Waals surface area contributed by atoms with Crippen LogP contribution in [0.2, 0.25) is 0 Å². The quantitative estimate of drug-likeness (QED) is 0.735. The van der Waals surface area contributed by atoms with Crippen molar-refractivity contribution in [3.05, 3.63) is 39.8 Å². The molecule has 0 amide bonds. The molecule has 7 nitrogen and oxygen atoms in total. The van der Waals surface area contributed by atoms with Crippen LogP contribution in [0.5, 0.6) is 0 Å². The second-order valence-electron chi connectivity index (χ2n) is 8.56. The molecule has 2 saturated heterocycles. The fraction of sp³-hybridized carbons (Fsp3) is 0.591. The van der Waals surface area contributed by atoms with Crippen LogP contribution in [-0.4, -0.2) is 65.5 Å².